The number of nitrogen functional groups attached to an aromatic ring is 1. The molecule has 0 bridgehead atoms. The fourth-order valence-corrected chi connectivity index (χ4v) is 2.46. The lowest BCUT2D eigenvalue weighted by Crippen LogP contribution is -2.12. The van der Waals surface area contributed by atoms with Crippen LogP contribution in [0.15, 0.2) is 47.4 Å². The van der Waals surface area contributed by atoms with Gasteiger partial charge >= 0.3 is 0 Å². The standard InChI is InChI=1S/C14H18N4O2S/c1-18(2)13-5-3-11(4-6-13)17-12-7-10(15)8-14(9-12)21(16,19)20/h3-9,17H,15H2,1-2H3,(H2,16,19,20). The summed E-state index contributed by atoms with van der Waals surface area (Å²) in [6.45, 7) is 0. The first kappa shape index (κ1) is 15.1. The normalized spacial score (nSPS) is 11.2. The summed E-state index contributed by atoms with van der Waals surface area (Å²) < 4.78 is 22.8. The zero-order chi connectivity index (χ0) is 15.6. The van der Waals surface area contributed by atoms with Crippen molar-refractivity contribution >= 4 is 32.8 Å². The molecular weight excluding hydrogens is 288 g/mol. The van der Waals surface area contributed by atoms with E-state index in [1.54, 1.807) is 6.07 Å². The summed E-state index contributed by atoms with van der Waals surface area (Å²) in [6, 6.07) is 12.1. The third kappa shape index (κ3) is 3.87. The van der Waals surface area contributed by atoms with Gasteiger partial charge in [0, 0.05) is 36.8 Å². The molecule has 0 aliphatic rings. The van der Waals surface area contributed by atoms with Crippen molar-refractivity contribution in [3.63, 3.8) is 0 Å². The van der Waals surface area contributed by atoms with Gasteiger partial charge in [0.1, 0.15) is 0 Å². The first-order valence-electron chi connectivity index (χ1n) is 6.23. The molecule has 0 saturated carbocycles. The molecule has 0 heterocycles. The predicted molar refractivity (Wildman–Crippen MR) is 86.3 cm³/mol. The zero-order valence-electron chi connectivity index (χ0n) is 11.9. The van der Waals surface area contributed by atoms with Gasteiger partial charge in [0.15, 0.2) is 0 Å². The van der Waals surface area contributed by atoms with E-state index in [4.69, 9.17) is 10.9 Å². The second-order valence-electron chi connectivity index (χ2n) is 4.90. The molecule has 2 aromatic rings. The number of hydrogen-bond acceptors (Lipinski definition) is 5. The van der Waals surface area contributed by atoms with E-state index >= 15 is 0 Å². The molecule has 0 radical (unpaired) electrons. The topological polar surface area (TPSA) is 101 Å². The lowest BCUT2D eigenvalue weighted by atomic mass is 10.2. The fraction of sp³-hybridized carbons (Fsp3) is 0.143. The Bertz CT molecular complexity index is 740. The molecule has 0 saturated heterocycles. The number of primary sulfonamides is 1. The third-order valence-corrected chi connectivity index (χ3v) is 3.82. The molecule has 0 spiro atoms. The van der Waals surface area contributed by atoms with Crippen molar-refractivity contribution in [2.75, 3.05) is 30.0 Å². The number of nitrogens with zero attached hydrogens (tertiary/aromatic N) is 1. The number of nitrogens with two attached hydrogens (primary N) is 2. The molecule has 0 amide bonds. The SMILES string of the molecule is CN(C)c1ccc(Nc2cc(N)cc(S(N)(=O)=O)c2)cc1. The summed E-state index contributed by atoms with van der Waals surface area (Å²) in [7, 11) is 0.129. The maximum absolute atomic E-state index is 11.4. The molecule has 2 rings (SSSR count). The predicted octanol–water partition coefficient (Wildman–Crippen LogP) is 1.73. The average Bonchev–Trinajstić information content (AvgIpc) is 2.37. The van der Waals surface area contributed by atoms with Gasteiger partial charge in [-0.25, -0.2) is 13.6 Å². The highest BCUT2D eigenvalue weighted by atomic mass is 32.2. The van der Waals surface area contributed by atoms with E-state index in [0.717, 1.165) is 11.4 Å². The second kappa shape index (κ2) is 5.63. The van der Waals surface area contributed by atoms with Crippen molar-refractivity contribution in [2.45, 2.75) is 4.90 Å². The van der Waals surface area contributed by atoms with Crippen LogP contribution in [0.25, 0.3) is 0 Å². The maximum Gasteiger partial charge on any atom is 0.238 e. The highest BCUT2D eigenvalue weighted by Gasteiger charge is 2.10. The number of hydrogen-bond donors (Lipinski definition) is 3. The Hall–Kier alpha value is -2.25. The molecule has 0 aliphatic carbocycles. The van der Waals surface area contributed by atoms with E-state index in [1.807, 2.05) is 43.3 Å². The van der Waals surface area contributed by atoms with Crippen LogP contribution in [0.5, 0.6) is 0 Å². The van der Waals surface area contributed by atoms with Gasteiger partial charge in [0.05, 0.1) is 4.90 Å². The number of sulfonamides is 1. The molecule has 0 unspecified atom stereocenters. The quantitative estimate of drug-likeness (QED) is 0.747. The minimum atomic E-state index is -3.78. The molecule has 0 aliphatic heterocycles. The van der Waals surface area contributed by atoms with Gasteiger partial charge in [-0.1, -0.05) is 0 Å². The van der Waals surface area contributed by atoms with Crippen LogP contribution < -0.4 is 21.1 Å². The van der Waals surface area contributed by atoms with Crippen molar-refractivity contribution in [1.82, 2.24) is 0 Å². The summed E-state index contributed by atoms with van der Waals surface area (Å²) in [4.78, 5) is 1.97. The Morgan fingerprint density at radius 3 is 2.14 bits per heavy atom. The van der Waals surface area contributed by atoms with Gasteiger partial charge in [0.25, 0.3) is 0 Å². The van der Waals surface area contributed by atoms with Crippen LogP contribution in [0.1, 0.15) is 0 Å². The summed E-state index contributed by atoms with van der Waals surface area (Å²) in [5.41, 5.74) is 8.49. The molecule has 2 aromatic carbocycles. The van der Waals surface area contributed by atoms with Gasteiger partial charge in [-0.05, 0) is 42.5 Å². The fourth-order valence-electron chi connectivity index (χ4n) is 1.87. The van der Waals surface area contributed by atoms with Crippen LogP contribution in [0.4, 0.5) is 22.7 Å². The summed E-state index contributed by atoms with van der Waals surface area (Å²) in [5.74, 6) is 0. The molecule has 21 heavy (non-hydrogen) atoms. The minimum Gasteiger partial charge on any atom is -0.399 e. The lowest BCUT2D eigenvalue weighted by molar-refractivity contribution is 0.598. The number of benzene rings is 2. The molecule has 112 valence electrons. The molecule has 6 nitrogen and oxygen atoms in total. The van der Waals surface area contributed by atoms with E-state index in [0.29, 0.717) is 11.4 Å². The van der Waals surface area contributed by atoms with E-state index in [9.17, 15) is 8.42 Å². The van der Waals surface area contributed by atoms with Crippen LogP contribution in [-0.2, 0) is 10.0 Å². The monoisotopic (exact) mass is 306 g/mol. The van der Waals surface area contributed by atoms with Crippen LogP contribution >= 0.6 is 0 Å². The second-order valence-corrected chi connectivity index (χ2v) is 6.46. The van der Waals surface area contributed by atoms with Gasteiger partial charge in [-0.2, -0.15) is 0 Å². The molecule has 0 aromatic heterocycles. The average molecular weight is 306 g/mol. The van der Waals surface area contributed by atoms with Gasteiger partial charge < -0.3 is 16.0 Å². The Morgan fingerprint density at radius 1 is 1.00 bits per heavy atom. The molecule has 0 atom stereocenters. The number of rotatable bonds is 4. The van der Waals surface area contributed by atoms with Crippen molar-refractivity contribution in [1.29, 1.82) is 0 Å². The van der Waals surface area contributed by atoms with Crippen LogP contribution in [-0.4, -0.2) is 22.5 Å². The largest absolute Gasteiger partial charge is 0.399 e. The molecular formula is C14H18N4O2S. The van der Waals surface area contributed by atoms with Crippen LogP contribution in [0.2, 0.25) is 0 Å². The highest BCUT2D eigenvalue weighted by Crippen LogP contribution is 2.24. The summed E-state index contributed by atoms with van der Waals surface area (Å²) in [6.07, 6.45) is 0. The van der Waals surface area contributed by atoms with Gasteiger partial charge in [0.2, 0.25) is 10.0 Å². The van der Waals surface area contributed by atoms with E-state index < -0.39 is 10.0 Å². The first-order chi connectivity index (χ1) is 9.75. The summed E-state index contributed by atoms with van der Waals surface area (Å²) >= 11 is 0. The van der Waals surface area contributed by atoms with Gasteiger partial charge in [-0.15, -0.1) is 0 Å². The highest BCUT2D eigenvalue weighted by molar-refractivity contribution is 7.89. The smallest absolute Gasteiger partial charge is 0.238 e. The van der Waals surface area contributed by atoms with Crippen molar-refractivity contribution < 1.29 is 8.42 Å². The molecule has 5 N–H and O–H groups in total. The first-order valence-corrected chi connectivity index (χ1v) is 7.78. The van der Waals surface area contributed by atoms with Crippen LogP contribution in [0, 0.1) is 0 Å². The van der Waals surface area contributed by atoms with Gasteiger partial charge in [-0.3, -0.25) is 0 Å². The minimum absolute atomic E-state index is 0.0186. The zero-order valence-corrected chi connectivity index (χ0v) is 12.7. The third-order valence-electron chi connectivity index (χ3n) is 2.93. The Balaban J connectivity index is 2.29. The maximum atomic E-state index is 11.4. The van der Waals surface area contributed by atoms with E-state index in [-0.39, 0.29) is 4.90 Å². The van der Waals surface area contributed by atoms with E-state index in [1.165, 1.54) is 12.1 Å². The Labute approximate surface area is 124 Å². The molecule has 7 heteroatoms. The van der Waals surface area contributed by atoms with Crippen molar-refractivity contribution in [2.24, 2.45) is 5.14 Å². The molecule has 0 fully saturated rings. The Kier molecular flexibility index (Phi) is 4.06. The number of anilines is 4. The summed E-state index contributed by atoms with van der Waals surface area (Å²) in [5, 5.41) is 8.23. The number of nitrogens with one attached hydrogen (secondary N) is 1. The van der Waals surface area contributed by atoms with Crippen molar-refractivity contribution in [3.05, 3.63) is 42.5 Å². The van der Waals surface area contributed by atoms with Crippen LogP contribution in [0.3, 0.4) is 0 Å². The van der Waals surface area contributed by atoms with Crippen molar-refractivity contribution in [3.8, 4) is 0 Å². The Morgan fingerprint density at radius 2 is 1.62 bits per heavy atom. The lowest BCUT2D eigenvalue weighted by Gasteiger charge is -2.14. The van der Waals surface area contributed by atoms with E-state index in [2.05, 4.69) is 5.32 Å².